The zero-order valence-electron chi connectivity index (χ0n) is 5.72. The minimum absolute atomic E-state index is 0.0737. The van der Waals surface area contributed by atoms with Gasteiger partial charge in [-0.2, -0.15) is 0 Å². The Bertz CT molecular complexity index is 166. The van der Waals surface area contributed by atoms with E-state index in [4.69, 9.17) is 0 Å². The third-order valence-electron chi connectivity index (χ3n) is 1.51. The summed E-state index contributed by atoms with van der Waals surface area (Å²) >= 11 is 0. The lowest BCUT2D eigenvalue weighted by molar-refractivity contribution is -0.145. The first-order valence-corrected chi connectivity index (χ1v) is 3.08. The van der Waals surface area contributed by atoms with Gasteiger partial charge in [-0.25, -0.2) is 0 Å². The van der Waals surface area contributed by atoms with E-state index in [0.717, 1.165) is 0 Å². The molecular weight excluding hydrogens is 134 g/mol. The Balaban J connectivity index is 2.44. The molecule has 56 valence electrons. The zero-order valence-corrected chi connectivity index (χ0v) is 5.72. The number of amides is 1. The second-order valence-corrected chi connectivity index (χ2v) is 2.23. The van der Waals surface area contributed by atoms with Gasteiger partial charge in [0.1, 0.15) is 0 Å². The molecule has 0 aromatic rings. The number of rotatable bonds is 1. The summed E-state index contributed by atoms with van der Waals surface area (Å²) < 4.78 is 4.45. The standard InChI is InChI=1S/C6H9NO3/c1-10-6(9)4-2-5(8)7-3-4/h4H,2-3H2,1H3,(H,7,8). The highest BCUT2D eigenvalue weighted by Crippen LogP contribution is 2.09. The lowest BCUT2D eigenvalue weighted by atomic mass is 10.1. The van der Waals surface area contributed by atoms with E-state index in [2.05, 4.69) is 10.1 Å². The van der Waals surface area contributed by atoms with Crippen LogP contribution in [0.5, 0.6) is 0 Å². The van der Waals surface area contributed by atoms with Crippen LogP contribution in [0.3, 0.4) is 0 Å². The molecule has 0 spiro atoms. The maximum atomic E-state index is 10.7. The molecule has 10 heavy (non-hydrogen) atoms. The highest BCUT2D eigenvalue weighted by atomic mass is 16.5. The van der Waals surface area contributed by atoms with Crippen molar-refractivity contribution in [1.82, 2.24) is 5.32 Å². The van der Waals surface area contributed by atoms with E-state index in [-0.39, 0.29) is 24.2 Å². The molecule has 0 aliphatic carbocycles. The quantitative estimate of drug-likeness (QED) is 0.493. The average molecular weight is 143 g/mol. The summed E-state index contributed by atoms with van der Waals surface area (Å²) in [6.07, 6.45) is 0.271. The van der Waals surface area contributed by atoms with Gasteiger partial charge >= 0.3 is 5.97 Å². The van der Waals surface area contributed by atoms with Crippen molar-refractivity contribution in [1.29, 1.82) is 0 Å². The van der Waals surface area contributed by atoms with Crippen LogP contribution in [0.2, 0.25) is 0 Å². The number of carbonyl (C=O) groups is 2. The summed E-state index contributed by atoms with van der Waals surface area (Å²) in [4.78, 5) is 21.3. The van der Waals surface area contributed by atoms with Crippen molar-refractivity contribution < 1.29 is 14.3 Å². The molecule has 1 fully saturated rings. The van der Waals surface area contributed by atoms with Crippen molar-refractivity contribution in [2.75, 3.05) is 13.7 Å². The maximum Gasteiger partial charge on any atom is 0.310 e. The molecule has 0 aromatic carbocycles. The molecule has 1 heterocycles. The van der Waals surface area contributed by atoms with Crippen LogP contribution in [0.4, 0.5) is 0 Å². The minimum Gasteiger partial charge on any atom is -0.469 e. The number of ether oxygens (including phenoxy) is 1. The summed E-state index contributed by atoms with van der Waals surface area (Å²) in [6, 6.07) is 0. The largest absolute Gasteiger partial charge is 0.469 e. The summed E-state index contributed by atoms with van der Waals surface area (Å²) in [5.41, 5.74) is 0. The molecule has 1 amide bonds. The molecule has 4 nitrogen and oxygen atoms in total. The summed E-state index contributed by atoms with van der Waals surface area (Å²) in [5, 5.41) is 2.55. The molecule has 1 unspecified atom stereocenters. The monoisotopic (exact) mass is 143 g/mol. The topological polar surface area (TPSA) is 55.4 Å². The van der Waals surface area contributed by atoms with Gasteiger partial charge in [-0.15, -0.1) is 0 Å². The lowest BCUT2D eigenvalue weighted by Gasteiger charge is -2.01. The van der Waals surface area contributed by atoms with Crippen molar-refractivity contribution in [2.24, 2.45) is 5.92 Å². The van der Waals surface area contributed by atoms with Crippen molar-refractivity contribution in [3.05, 3.63) is 0 Å². The third-order valence-corrected chi connectivity index (χ3v) is 1.51. The predicted molar refractivity (Wildman–Crippen MR) is 33.1 cm³/mol. The summed E-state index contributed by atoms with van der Waals surface area (Å²) in [7, 11) is 1.32. The molecule has 1 atom stereocenters. The Morgan fingerprint density at radius 1 is 1.80 bits per heavy atom. The highest BCUT2D eigenvalue weighted by Gasteiger charge is 2.28. The zero-order chi connectivity index (χ0) is 7.56. The molecular formula is C6H9NO3. The van der Waals surface area contributed by atoms with Crippen LogP contribution in [-0.4, -0.2) is 25.5 Å². The third kappa shape index (κ3) is 1.26. The van der Waals surface area contributed by atoms with Gasteiger partial charge in [0.15, 0.2) is 0 Å². The van der Waals surface area contributed by atoms with Crippen LogP contribution in [0.25, 0.3) is 0 Å². The summed E-state index contributed by atoms with van der Waals surface area (Å²) in [6.45, 7) is 0.422. The molecule has 4 heteroatoms. The molecule has 0 radical (unpaired) electrons. The van der Waals surface area contributed by atoms with E-state index in [0.29, 0.717) is 6.54 Å². The van der Waals surface area contributed by atoms with Crippen LogP contribution in [0.1, 0.15) is 6.42 Å². The summed E-state index contributed by atoms with van der Waals surface area (Å²) in [5.74, 6) is -0.647. The second-order valence-electron chi connectivity index (χ2n) is 2.23. The predicted octanol–water partition coefficient (Wildman–Crippen LogP) is -0.705. The van der Waals surface area contributed by atoms with Gasteiger partial charge in [-0.3, -0.25) is 9.59 Å². The van der Waals surface area contributed by atoms with Crippen LogP contribution in [0.15, 0.2) is 0 Å². The number of methoxy groups -OCH3 is 1. The van der Waals surface area contributed by atoms with Gasteiger partial charge in [0.2, 0.25) is 5.91 Å². The van der Waals surface area contributed by atoms with E-state index < -0.39 is 0 Å². The van der Waals surface area contributed by atoms with Gasteiger partial charge in [0.05, 0.1) is 13.0 Å². The Morgan fingerprint density at radius 2 is 2.50 bits per heavy atom. The number of nitrogens with one attached hydrogen (secondary N) is 1. The van der Waals surface area contributed by atoms with Crippen molar-refractivity contribution in [3.63, 3.8) is 0 Å². The van der Waals surface area contributed by atoms with Gasteiger partial charge < -0.3 is 10.1 Å². The Labute approximate surface area is 58.5 Å². The van der Waals surface area contributed by atoms with E-state index in [9.17, 15) is 9.59 Å². The minimum atomic E-state index is -0.307. The van der Waals surface area contributed by atoms with E-state index in [1.807, 2.05) is 0 Å². The molecule has 0 bridgehead atoms. The average Bonchev–Trinajstić information content (AvgIpc) is 2.34. The molecule has 1 aliphatic rings. The smallest absolute Gasteiger partial charge is 0.310 e. The fourth-order valence-electron chi connectivity index (χ4n) is 0.938. The lowest BCUT2D eigenvalue weighted by Crippen LogP contribution is -2.19. The first-order chi connectivity index (χ1) is 4.74. The molecule has 1 N–H and O–H groups in total. The maximum absolute atomic E-state index is 10.7. The Hall–Kier alpha value is -1.06. The van der Waals surface area contributed by atoms with Crippen LogP contribution >= 0.6 is 0 Å². The molecule has 1 rings (SSSR count). The fourth-order valence-corrected chi connectivity index (χ4v) is 0.938. The van der Waals surface area contributed by atoms with Crippen molar-refractivity contribution >= 4 is 11.9 Å². The normalized spacial score (nSPS) is 24.1. The van der Waals surface area contributed by atoms with E-state index in [1.165, 1.54) is 7.11 Å². The number of hydrogen-bond acceptors (Lipinski definition) is 3. The first-order valence-electron chi connectivity index (χ1n) is 3.08. The molecule has 1 saturated heterocycles. The van der Waals surface area contributed by atoms with Gasteiger partial charge in [-0.05, 0) is 0 Å². The number of hydrogen-bond donors (Lipinski definition) is 1. The second kappa shape index (κ2) is 2.68. The van der Waals surface area contributed by atoms with E-state index in [1.54, 1.807) is 0 Å². The molecule has 0 saturated carbocycles. The number of carbonyl (C=O) groups excluding carboxylic acids is 2. The van der Waals surface area contributed by atoms with Gasteiger partial charge in [0.25, 0.3) is 0 Å². The first kappa shape index (κ1) is 7.05. The fraction of sp³-hybridized carbons (Fsp3) is 0.667. The van der Waals surface area contributed by atoms with Gasteiger partial charge in [0, 0.05) is 13.0 Å². The highest BCUT2D eigenvalue weighted by molar-refractivity contribution is 5.86. The molecule has 0 aromatic heterocycles. The number of esters is 1. The van der Waals surface area contributed by atoms with Crippen molar-refractivity contribution in [3.8, 4) is 0 Å². The van der Waals surface area contributed by atoms with Crippen LogP contribution in [-0.2, 0) is 14.3 Å². The Morgan fingerprint density at radius 3 is 2.90 bits per heavy atom. The van der Waals surface area contributed by atoms with Crippen molar-refractivity contribution in [2.45, 2.75) is 6.42 Å². The van der Waals surface area contributed by atoms with E-state index >= 15 is 0 Å². The van der Waals surface area contributed by atoms with Crippen LogP contribution in [0, 0.1) is 5.92 Å². The SMILES string of the molecule is COC(=O)C1CNC(=O)C1. The van der Waals surface area contributed by atoms with Gasteiger partial charge in [-0.1, -0.05) is 0 Å². The molecule has 1 aliphatic heterocycles. The Kier molecular flexibility index (Phi) is 1.89. The van der Waals surface area contributed by atoms with Crippen LogP contribution < -0.4 is 5.32 Å².